The number of quaternary nitrogens is 2. The fourth-order valence-corrected chi connectivity index (χ4v) is 12.2. The molecule has 2 atom stereocenters. The molecule has 0 saturated heterocycles. The van der Waals surface area contributed by atoms with Gasteiger partial charge >= 0.3 is 105 Å². The Labute approximate surface area is 104 Å². The molecule has 6 nitrogen and oxygen atoms in total. The van der Waals surface area contributed by atoms with E-state index in [1.165, 1.54) is 0 Å². The Kier molecular flexibility index (Phi) is 8.83. The van der Waals surface area contributed by atoms with Crippen molar-refractivity contribution in [1.29, 1.82) is 0 Å². The molecule has 0 spiro atoms. The molecule has 15 heavy (non-hydrogen) atoms. The first-order chi connectivity index (χ1) is 6.95. The first kappa shape index (κ1) is 15.4. The first-order valence-corrected chi connectivity index (χ1v) is 14.9. The fourth-order valence-electron chi connectivity index (χ4n) is 0.565. The normalized spacial score (nSPS) is 14.5. The fraction of sp³-hybridized carbons (Fsp3) is 0.714. The number of hydrogen-bond acceptors (Lipinski definition) is 4. The van der Waals surface area contributed by atoms with E-state index in [4.69, 9.17) is 0 Å². The summed E-state index contributed by atoms with van der Waals surface area (Å²) >= 11 is -0.460. The van der Waals surface area contributed by atoms with Crippen molar-refractivity contribution in [2.75, 3.05) is 0 Å². The van der Waals surface area contributed by atoms with E-state index in [-0.39, 0.29) is 34.1 Å². The summed E-state index contributed by atoms with van der Waals surface area (Å²) in [4.78, 5) is 20.6. The SMILES string of the molecule is [NH3+][C@H](CC[Te][Te]C[C@H]([NH3+])C(=O)[O-])C(=O)[O-]. The second kappa shape index (κ2) is 8.58. The van der Waals surface area contributed by atoms with Gasteiger partial charge in [-0.05, 0) is 0 Å². The molecule has 0 unspecified atom stereocenters. The summed E-state index contributed by atoms with van der Waals surface area (Å²) in [7, 11) is 0. The van der Waals surface area contributed by atoms with Gasteiger partial charge in [-0.2, -0.15) is 0 Å². The van der Waals surface area contributed by atoms with Crippen molar-refractivity contribution in [3.63, 3.8) is 0 Å². The molecule has 8 heteroatoms. The van der Waals surface area contributed by atoms with Crippen molar-refractivity contribution in [1.82, 2.24) is 0 Å². The summed E-state index contributed by atoms with van der Waals surface area (Å²) in [5.41, 5.74) is 6.93. The van der Waals surface area contributed by atoms with Gasteiger partial charge in [-0.15, -0.1) is 0 Å². The first-order valence-electron chi connectivity index (χ1n) is 4.27. The number of aliphatic carboxylic acids is 2. The van der Waals surface area contributed by atoms with Crippen molar-refractivity contribution in [2.24, 2.45) is 0 Å². The summed E-state index contributed by atoms with van der Waals surface area (Å²) in [5.74, 6) is -2.19. The van der Waals surface area contributed by atoms with Gasteiger partial charge in [0.05, 0.1) is 0 Å². The Morgan fingerprint density at radius 1 is 1.07 bits per heavy atom. The molecular weight excluding hydrogens is 431 g/mol. The minimum atomic E-state index is -1.10. The van der Waals surface area contributed by atoms with Gasteiger partial charge in [-0.25, -0.2) is 0 Å². The average molecular weight is 445 g/mol. The Balaban J connectivity index is 3.40. The van der Waals surface area contributed by atoms with Crippen molar-refractivity contribution in [3.05, 3.63) is 0 Å². The Bertz CT molecular complexity index is 205. The second-order valence-electron chi connectivity index (χ2n) is 2.93. The number of carbonyl (C=O) groups is 2. The van der Waals surface area contributed by atoms with Crippen molar-refractivity contribution in [2.45, 2.75) is 27.4 Å². The molecule has 0 aliphatic rings. The molecule has 0 aliphatic heterocycles. The Morgan fingerprint density at radius 2 is 1.60 bits per heavy atom. The van der Waals surface area contributed by atoms with Gasteiger partial charge in [0, 0.05) is 0 Å². The summed E-state index contributed by atoms with van der Waals surface area (Å²) in [6.45, 7) is 0. The second-order valence-corrected chi connectivity index (χ2v) is 15.4. The monoisotopic (exact) mass is 450 g/mol. The quantitative estimate of drug-likeness (QED) is 0.284. The van der Waals surface area contributed by atoms with Crippen LogP contribution in [0.15, 0.2) is 0 Å². The van der Waals surface area contributed by atoms with Crippen LogP contribution < -0.4 is 21.7 Å². The van der Waals surface area contributed by atoms with Crippen LogP contribution >= 0.6 is 0 Å². The van der Waals surface area contributed by atoms with E-state index >= 15 is 0 Å². The molecular formula is C7H14N2O4Te2. The summed E-state index contributed by atoms with van der Waals surface area (Å²) < 4.78 is 1.55. The third kappa shape index (κ3) is 8.27. The van der Waals surface area contributed by atoms with E-state index in [2.05, 4.69) is 11.5 Å². The molecule has 0 saturated carbocycles. The molecule has 0 aliphatic carbocycles. The molecule has 0 bridgehead atoms. The molecule has 0 radical (unpaired) electrons. The van der Waals surface area contributed by atoms with Crippen LogP contribution in [0.5, 0.6) is 0 Å². The van der Waals surface area contributed by atoms with E-state index in [0.29, 0.717) is 10.9 Å². The number of carbonyl (C=O) groups excluding carboxylic acids is 2. The molecule has 0 aromatic heterocycles. The van der Waals surface area contributed by atoms with Crippen molar-refractivity contribution >= 4 is 46.1 Å². The van der Waals surface area contributed by atoms with Crippen LogP contribution in [0.1, 0.15) is 6.42 Å². The molecule has 0 rings (SSSR count). The van der Waals surface area contributed by atoms with Crippen molar-refractivity contribution < 1.29 is 31.3 Å². The number of carboxylic acids is 2. The van der Waals surface area contributed by atoms with Gasteiger partial charge in [-0.3, -0.25) is 0 Å². The standard InChI is InChI=1S/C7H14N2O4Te2/c8-4(6(10)11)1-2-14-15-3-5(9)7(12)13/h4-5H,1-3,8-9H2,(H,10,11)(H,12,13)/t4-,5+/m1/s1. The minimum absolute atomic E-state index is 0.195. The predicted octanol–water partition coefficient (Wildman–Crippen LogP) is -5.74. The van der Waals surface area contributed by atoms with E-state index in [1.807, 2.05) is 0 Å². The van der Waals surface area contributed by atoms with E-state index < -0.39 is 24.0 Å². The summed E-state index contributed by atoms with van der Waals surface area (Å²) in [5, 5.41) is 20.6. The summed E-state index contributed by atoms with van der Waals surface area (Å²) in [6.07, 6.45) is 0.558. The maximum absolute atomic E-state index is 10.3. The van der Waals surface area contributed by atoms with Crippen LogP contribution in [0, 0.1) is 0 Å². The topological polar surface area (TPSA) is 136 Å². The van der Waals surface area contributed by atoms with Gasteiger partial charge in [0.15, 0.2) is 0 Å². The van der Waals surface area contributed by atoms with Gasteiger partial charge in [-0.1, -0.05) is 0 Å². The Hall–Kier alpha value is 0.439. The van der Waals surface area contributed by atoms with Gasteiger partial charge in [0.1, 0.15) is 0 Å². The summed E-state index contributed by atoms with van der Waals surface area (Å²) in [6, 6.07) is -1.21. The molecule has 6 N–H and O–H groups in total. The third-order valence-electron chi connectivity index (χ3n) is 1.57. The molecule has 0 aromatic carbocycles. The van der Waals surface area contributed by atoms with Gasteiger partial charge < -0.3 is 0 Å². The molecule has 0 fully saturated rings. The van der Waals surface area contributed by atoms with Gasteiger partial charge in [0.2, 0.25) is 0 Å². The van der Waals surface area contributed by atoms with Crippen LogP contribution in [-0.4, -0.2) is 58.1 Å². The van der Waals surface area contributed by atoms with E-state index in [0.717, 1.165) is 4.47 Å². The number of carboxylic acid groups (broad SMARTS) is 2. The molecule has 0 aromatic rings. The predicted molar refractivity (Wildman–Crippen MR) is 49.1 cm³/mol. The van der Waals surface area contributed by atoms with Gasteiger partial charge in [0.25, 0.3) is 0 Å². The number of rotatable bonds is 8. The molecule has 88 valence electrons. The van der Waals surface area contributed by atoms with E-state index in [9.17, 15) is 19.8 Å². The molecule has 0 heterocycles. The maximum atomic E-state index is 10.3. The van der Waals surface area contributed by atoms with E-state index in [1.54, 1.807) is 0 Å². The zero-order chi connectivity index (χ0) is 11.8. The van der Waals surface area contributed by atoms with Crippen molar-refractivity contribution in [3.8, 4) is 0 Å². The average Bonchev–Trinajstić information content (AvgIpc) is 2.16. The van der Waals surface area contributed by atoms with Crippen LogP contribution in [0.3, 0.4) is 0 Å². The Morgan fingerprint density at radius 3 is 2.07 bits per heavy atom. The van der Waals surface area contributed by atoms with Crippen LogP contribution in [0.2, 0.25) is 8.94 Å². The van der Waals surface area contributed by atoms with Crippen LogP contribution in [0.4, 0.5) is 0 Å². The third-order valence-corrected chi connectivity index (χ3v) is 13.7. The van der Waals surface area contributed by atoms with Crippen LogP contribution in [0.25, 0.3) is 0 Å². The van der Waals surface area contributed by atoms with Crippen LogP contribution in [-0.2, 0) is 9.59 Å². The zero-order valence-electron chi connectivity index (χ0n) is 8.14. The number of hydrogen-bond donors (Lipinski definition) is 2. The molecule has 0 amide bonds. The zero-order valence-corrected chi connectivity index (χ0v) is 12.8.